The molecule has 1 N–H and O–H groups in total. The van der Waals surface area contributed by atoms with Crippen LogP contribution in [-0.4, -0.2) is 23.0 Å². The van der Waals surface area contributed by atoms with Crippen LogP contribution >= 0.6 is 0 Å². The number of aliphatic hydroxyl groups is 1. The lowest BCUT2D eigenvalue weighted by Crippen LogP contribution is -2.29. The van der Waals surface area contributed by atoms with Gasteiger partial charge in [-0.25, -0.2) is 14.4 Å². The molecule has 3 aliphatic rings. The summed E-state index contributed by atoms with van der Waals surface area (Å²) in [4.78, 5) is 36.8. The number of carbonyl (C=O) groups is 3. The summed E-state index contributed by atoms with van der Waals surface area (Å²) in [5.41, 5.74) is 5.88. The first-order valence-electron chi connectivity index (χ1n) is 11.1. The smallest absolute Gasteiger partial charge is 0.346 e. The number of hydrogen-bond acceptors (Lipinski definition) is 6. The van der Waals surface area contributed by atoms with Gasteiger partial charge in [-0.3, -0.25) is 0 Å². The van der Waals surface area contributed by atoms with Crippen LogP contribution in [-0.2, 0) is 14.9 Å². The molecule has 1 unspecified atom stereocenters. The van der Waals surface area contributed by atoms with Crippen molar-refractivity contribution >= 4 is 17.9 Å². The van der Waals surface area contributed by atoms with Gasteiger partial charge in [-0.15, -0.1) is 0 Å². The van der Waals surface area contributed by atoms with Crippen molar-refractivity contribution in [2.24, 2.45) is 0 Å². The van der Waals surface area contributed by atoms with Gasteiger partial charge in [0, 0.05) is 5.56 Å². The van der Waals surface area contributed by atoms with E-state index in [1.807, 2.05) is 48.5 Å². The van der Waals surface area contributed by atoms with Gasteiger partial charge in [-0.1, -0.05) is 60.7 Å². The maximum absolute atomic E-state index is 12.5. The first-order valence-corrected chi connectivity index (χ1v) is 11.1. The summed E-state index contributed by atoms with van der Waals surface area (Å²) in [6.45, 7) is 0. The van der Waals surface area contributed by atoms with E-state index in [4.69, 9.17) is 9.47 Å². The molecule has 168 valence electrons. The Hall–Kier alpha value is -4.55. The Morgan fingerprint density at radius 3 is 1.86 bits per heavy atom. The SMILES string of the molecule is O=C1OC(=O)c2cc(C3(c4ccc5c(c4)C(O)OC5=O)c4ccccc4-c4ccccc43)ccc21. The summed E-state index contributed by atoms with van der Waals surface area (Å²) in [5.74, 6) is -1.90. The molecule has 1 atom stereocenters. The van der Waals surface area contributed by atoms with Crippen LogP contribution in [0.25, 0.3) is 11.1 Å². The molecule has 0 bridgehead atoms. The lowest BCUT2D eigenvalue weighted by atomic mass is 9.67. The summed E-state index contributed by atoms with van der Waals surface area (Å²) in [7, 11) is 0. The molecular formula is C29H16O6. The average molecular weight is 460 g/mol. The predicted octanol–water partition coefficient (Wildman–Crippen LogP) is 4.52. The highest BCUT2D eigenvalue weighted by Crippen LogP contribution is 2.56. The topological polar surface area (TPSA) is 89.9 Å². The molecule has 0 aromatic heterocycles. The monoisotopic (exact) mass is 460 g/mol. The van der Waals surface area contributed by atoms with Crippen LogP contribution in [0.3, 0.4) is 0 Å². The van der Waals surface area contributed by atoms with Crippen molar-refractivity contribution in [3.8, 4) is 11.1 Å². The van der Waals surface area contributed by atoms with Crippen LogP contribution in [0.15, 0.2) is 84.9 Å². The maximum Gasteiger partial charge on any atom is 0.346 e. The second-order valence-corrected chi connectivity index (χ2v) is 8.84. The van der Waals surface area contributed by atoms with Crippen LogP contribution < -0.4 is 0 Å². The number of esters is 3. The quantitative estimate of drug-likeness (QED) is 0.308. The van der Waals surface area contributed by atoms with Crippen LogP contribution in [0.1, 0.15) is 65.2 Å². The van der Waals surface area contributed by atoms with Gasteiger partial charge in [0.1, 0.15) is 0 Å². The number of fused-ring (bicyclic) bond motifs is 5. The zero-order chi connectivity index (χ0) is 23.9. The number of rotatable bonds is 2. The fourth-order valence-corrected chi connectivity index (χ4v) is 5.76. The minimum atomic E-state index is -1.35. The number of benzene rings is 4. The zero-order valence-electron chi connectivity index (χ0n) is 18.1. The minimum absolute atomic E-state index is 0.216. The molecule has 35 heavy (non-hydrogen) atoms. The van der Waals surface area contributed by atoms with E-state index in [0.717, 1.165) is 33.4 Å². The van der Waals surface area contributed by atoms with Crippen molar-refractivity contribution in [1.82, 2.24) is 0 Å². The molecule has 0 saturated heterocycles. The van der Waals surface area contributed by atoms with Crippen molar-refractivity contribution in [3.63, 3.8) is 0 Å². The van der Waals surface area contributed by atoms with E-state index in [-0.39, 0.29) is 11.1 Å². The molecule has 1 aliphatic carbocycles. The molecule has 7 rings (SSSR count). The van der Waals surface area contributed by atoms with Crippen LogP contribution in [0.2, 0.25) is 0 Å². The van der Waals surface area contributed by atoms with Crippen molar-refractivity contribution in [2.45, 2.75) is 11.7 Å². The average Bonchev–Trinajstić information content (AvgIpc) is 3.46. The van der Waals surface area contributed by atoms with E-state index >= 15 is 0 Å². The Balaban J connectivity index is 1.61. The summed E-state index contributed by atoms with van der Waals surface area (Å²) in [6.07, 6.45) is -1.35. The molecule has 2 aliphatic heterocycles. The number of hydrogen-bond donors (Lipinski definition) is 1. The highest BCUT2D eigenvalue weighted by molar-refractivity contribution is 6.15. The third-order valence-corrected chi connectivity index (χ3v) is 7.22. The minimum Gasteiger partial charge on any atom is -0.428 e. The van der Waals surface area contributed by atoms with Crippen molar-refractivity contribution < 1.29 is 29.0 Å². The summed E-state index contributed by atoms with van der Waals surface area (Å²) in [6, 6.07) is 26.5. The van der Waals surface area contributed by atoms with Gasteiger partial charge < -0.3 is 14.6 Å². The number of cyclic esters (lactones) is 3. The first kappa shape index (κ1) is 19.9. The Labute approximate surface area is 199 Å². The lowest BCUT2D eigenvalue weighted by molar-refractivity contribution is -0.0548. The largest absolute Gasteiger partial charge is 0.428 e. The molecule has 0 saturated carbocycles. The van der Waals surface area contributed by atoms with Gasteiger partial charge in [0.25, 0.3) is 0 Å². The summed E-state index contributed by atoms with van der Waals surface area (Å²) < 4.78 is 9.88. The molecule has 0 spiro atoms. The molecule has 2 heterocycles. The highest BCUT2D eigenvalue weighted by atomic mass is 16.6. The van der Waals surface area contributed by atoms with Gasteiger partial charge in [0.2, 0.25) is 6.29 Å². The van der Waals surface area contributed by atoms with Crippen LogP contribution in [0.5, 0.6) is 0 Å². The van der Waals surface area contributed by atoms with Crippen molar-refractivity contribution in [3.05, 3.63) is 129 Å². The maximum atomic E-state index is 12.5. The zero-order valence-corrected chi connectivity index (χ0v) is 18.1. The Bertz CT molecular complexity index is 1590. The third-order valence-electron chi connectivity index (χ3n) is 7.22. The molecule has 6 heteroatoms. The van der Waals surface area contributed by atoms with E-state index in [9.17, 15) is 19.5 Å². The lowest BCUT2D eigenvalue weighted by Gasteiger charge is -2.34. The Kier molecular flexibility index (Phi) is 3.83. The number of ether oxygens (including phenoxy) is 2. The predicted molar refractivity (Wildman–Crippen MR) is 124 cm³/mol. The van der Waals surface area contributed by atoms with Gasteiger partial charge in [-0.2, -0.15) is 0 Å². The molecule has 0 amide bonds. The highest BCUT2D eigenvalue weighted by Gasteiger charge is 2.47. The van der Waals surface area contributed by atoms with Gasteiger partial charge in [0.05, 0.1) is 22.1 Å². The molecular weight excluding hydrogens is 444 g/mol. The standard InChI is InChI=1S/C29H16O6/c30-25-19-11-9-15(13-21(19)27(32)34-25)29(16-10-12-20-22(14-16)28(33)35-26(20)31)23-7-3-1-5-17(23)18-6-2-4-8-24(18)29/h1-14,27,32H. The van der Waals surface area contributed by atoms with Crippen LogP contribution in [0.4, 0.5) is 0 Å². The first-order chi connectivity index (χ1) is 17.0. The van der Waals surface area contributed by atoms with Gasteiger partial charge >= 0.3 is 17.9 Å². The van der Waals surface area contributed by atoms with E-state index in [1.54, 1.807) is 24.3 Å². The van der Waals surface area contributed by atoms with Crippen LogP contribution in [0, 0.1) is 0 Å². The van der Waals surface area contributed by atoms with E-state index in [1.165, 1.54) is 0 Å². The molecule has 4 aromatic rings. The fraction of sp³-hybridized carbons (Fsp3) is 0.0690. The molecule has 0 radical (unpaired) electrons. The summed E-state index contributed by atoms with van der Waals surface area (Å²) in [5, 5.41) is 10.4. The number of carbonyl (C=O) groups excluding carboxylic acids is 3. The van der Waals surface area contributed by atoms with E-state index in [0.29, 0.717) is 11.1 Å². The van der Waals surface area contributed by atoms with Crippen molar-refractivity contribution in [2.75, 3.05) is 0 Å². The fourth-order valence-electron chi connectivity index (χ4n) is 5.76. The second kappa shape index (κ2) is 6.74. The number of aliphatic hydroxyl groups excluding tert-OH is 1. The Morgan fingerprint density at radius 2 is 1.17 bits per heavy atom. The van der Waals surface area contributed by atoms with E-state index < -0.39 is 29.6 Å². The summed E-state index contributed by atoms with van der Waals surface area (Å²) >= 11 is 0. The van der Waals surface area contributed by atoms with Gasteiger partial charge in [0.15, 0.2) is 0 Å². The Morgan fingerprint density at radius 1 is 0.600 bits per heavy atom. The second-order valence-electron chi connectivity index (χ2n) is 8.84. The van der Waals surface area contributed by atoms with Gasteiger partial charge in [-0.05, 0) is 57.6 Å². The molecule has 4 aromatic carbocycles. The molecule has 6 nitrogen and oxygen atoms in total. The third kappa shape index (κ3) is 2.44. The molecule has 0 fully saturated rings. The van der Waals surface area contributed by atoms with E-state index in [2.05, 4.69) is 12.1 Å². The van der Waals surface area contributed by atoms with Crippen molar-refractivity contribution in [1.29, 1.82) is 0 Å². The normalized spacial score (nSPS) is 18.4.